The third-order valence-electron chi connectivity index (χ3n) is 2.95. The number of sulfonamides is 2. The highest BCUT2D eigenvalue weighted by Crippen LogP contribution is 2.12. The van der Waals surface area contributed by atoms with E-state index in [9.17, 15) is 16.8 Å². The molecule has 14 heteroatoms. The molecule has 10 nitrogen and oxygen atoms in total. The van der Waals surface area contributed by atoms with Crippen molar-refractivity contribution in [3.05, 3.63) is 0 Å². The van der Waals surface area contributed by atoms with Crippen molar-refractivity contribution >= 4 is 48.4 Å². The second kappa shape index (κ2) is 11.9. The van der Waals surface area contributed by atoms with Gasteiger partial charge in [-0.1, -0.05) is 15.9 Å². The first-order valence-electron chi connectivity index (χ1n) is 6.32. The number of hydrogen-bond donors (Lipinski definition) is 3. The van der Waals surface area contributed by atoms with E-state index < -0.39 is 25.3 Å². The van der Waals surface area contributed by atoms with Crippen molar-refractivity contribution in [3.63, 3.8) is 0 Å². The molecule has 0 spiro atoms. The molecule has 0 aromatic heterocycles. The number of nitrogens with two attached hydrogens (primary N) is 2. The summed E-state index contributed by atoms with van der Waals surface area (Å²) in [5.74, 6) is 0. The SMILES string of the molecule is Cl.N#CCBr.N#CCN1CC(S(N)(=O)=O)C1.NS(=O)(=O)C1CNC1. The number of nitrogens with one attached hydrogen (secondary N) is 1. The molecule has 140 valence electrons. The number of alkyl halides is 1. The van der Waals surface area contributed by atoms with Crippen LogP contribution >= 0.6 is 28.3 Å². The van der Waals surface area contributed by atoms with Crippen LogP contribution in [0, 0.1) is 22.7 Å². The lowest BCUT2D eigenvalue weighted by atomic mass is 10.2. The van der Waals surface area contributed by atoms with E-state index in [1.165, 1.54) is 0 Å². The van der Waals surface area contributed by atoms with Crippen molar-refractivity contribution in [2.45, 2.75) is 10.5 Å². The molecule has 0 aromatic carbocycles. The van der Waals surface area contributed by atoms with Gasteiger partial charge in [0.05, 0.1) is 29.3 Å². The quantitative estimate of drug-likeness (QED) is 0.316. The number of likely N-dealkylation sites (tertiary alicyclic amines) is 1. The number of rotatable bonds is 3. The summed E-state index contributed by atoms with van der Waals surface area (Å²) < 4.78 is 42.0. The van der Waals surface area contributed by atoms with E-state index in [1.54, 1.807) is 4.90 Å². The average molecular weight is 468 g/mol. The number of primary sulfonamides is 2. The number of halogens is 2. The largest absolute Gasteiger partial charge is 0.314 e. The van der Waals surface area contributed by atoms with Gasteiger partial charge in [-0.3, -0.25) is 4.90 Å². The minimum Gasteiger partial charge on any atom is -0.314 e. The molecular weight excluding hydrogens is 448 g/mol. The minimum absolute atomic E-state index is 0. The maximum atomic E-state index is 10.6. The zero-order valence-electron chi connectivity index (χ0n) is 12.6. The van der Waals surface area contributed by atoms with Gasteiger partial charge < -0.3 is 5.32 Å². The highest BCUT2D eigenvalue weighted by atomic mass is 79.9. The van der Waals surface area contributed by atoms with Gasteiger partial charge in [-0.05, 0) is 0 Å². The van der Waals surface area contributed by atoms with Crippen LogP contribution in [0.1, 0.15) is 0 Å². The zero-order chi connectivity index (χ0) is 18.1. The molecule has 0 aromatic rings. The van der Waals surface area contributed by atoms with Crippen LogP contribution in [0.4, 0.5) is 0 Å². The molecule has 0 saturated carbocycles. The molecule has 2 aliphatic heterocycles. The summed E-state index contributed by atoms with van der Waals surface area (Å²) in [5, 5.41) is 27.9. The van der Waals surface area contributed by atoms with Crippen LogP contribution in [0.25, 0.3) is 0 Å². The molecule has 2 heterocycles. The van der Waals surface area contributed by atoms with Gasteiger partial charge in [0.25, 0.3) is 0 Å². The van der Waals surface area contributed by atoms with Crippen molar-refractivity contribution in [1.82, 2.24) is 10.2 Å². The van der Waals surface area contributed by atoms with E-state index in [4.69, 9.17) is 20.8 Å². The van der Waals surface area contributed by atoms with Crippen molar-refractivity contribution < 1.29 is 16.8 Å². The van der Waals surface area contributed by atoms with E-state index in [2.05, 4.69) is 21.2 Å². The normalized spacial score (nSPS) is 17.9. The summed E-state index contributed by atoms with van der Waals surface area (Å²) in [7, 11) is -6.60. The van der Waals surface area contributed by atoms with E-state index in [1.807, 2.05) is 12.1 Å². The predicted octanol–water partition coefficient (Wildman–Crippen LogP) is -1.94. The summed E-state index contributed by atoms with van der Waals surface area (Å²) in [6.45, 7) is 2.10. The van der Waals surface area contributed by atoms with Crippen LogP contribution in [0.5, 0.6) is 0 Å². The van der Waals surface area contributed by atoms with Crippen LogP contribution in [-0.4, -0.2) is 70.3 Å². The van der Waals surface area contributed by atoms with Gasteiger partial charge in [0.1, 0.15) is 5.25 Å². The smallest absolute Gasteiger partial charge is 0.214 e. The van der Waals surface area contributed by atoms with Gasteiger partial charge in [-0.15, -0.1) is 12.4 Å². The summed E-state index contributed by atoms with van der Waals surface area (Å²) in [6.07, 6.45) is 0. The van der Waals surface area contributed by atoms with Crippen molar-refractivity contribution in [1.29, 1.82) is 10.5 Å². The van der Waals surface area contributed by atoms with Gasteiger partial charge >= 0.3 is 0 Å². The Balaban J connectivity index is 0. The predicted molar refractivity (Wildman–Crippen MR) is 95.4 cm³/mol. The van der Waals surface area contributed by atoms with Crippen molar-refractivity contribution in [2.24, 2.45) is 10.3 Å². The Morgan fingerprint density at radius 3 is 1.62 bits per heavy atom. The van der Waals surface area contributed by atoms with Crippen molar-refractivity contribution in [2.75, 3.05) is 38.1 Å². The fraction of sp³-hybridized carbons (Fsp3) is 0.800. The van der Waals surface area contributed by atoms with E-state index >= 15 is 0 Å². The highest BCUT2D eigenvalue weighted by molar-refractivity contribution is 9.09. The molecule has 0 aliphatic carbocycles. The molecular formula is C10H20BrClN6O4S2. The molecule has 0 radical (unpaired) electrons. The second-order valence-corrected chi connectivity index (χ2v) is 8.97. The van der Waals surface area contributed by atoms with Gasteiger partial charge in [0.2, 0.25) is 20.0 Å². The summed E-state index contributed by atoms with van der Waals surface area (Å²) in [4.78, 5) is 1.73. The summed E-state index contributed by atoms with van der Waals surface area (Å²) in [5.41, 5.74) is 0. The van der Waals surface area contributed by atoms with Gasteiger partial charge in [-0.25, -0.2) is 27.1 Å². The molecule has 0 amide bonds. The maximum absolute atomic E-state index is 10.6. The summed E-state index contributed by atoms with van der Waals surface area (Å²) >= 11 is 2.89. The van der Waals surface area contributed by atoms with Gasteiger partial charge in [-0.2, -0.15) is 10.5 Å². The van der Waals surface area contributed by atoms with E-state index in [0.717, 1.165) is 0 Å². The van der Waals surface area contributed by atoms with Crippen LogP contribution in [0.2, 0.25) is 0 Å². The molecule has 2 saturated heterocycles. The van der Waals surface area contributed by atoms with Crippen LogP contribution in [0.15, 0.2) is 0 Å². The molecule has 2 rings (SSSR count). The first-order chi connectivity index (χ1) is 10.6. The lowest BCUT2D eigenvalue weighted by Crippen LogP contribution is -2.56. The Kier molecular flexibility index (Phi) is 12.8. The third kappa shape index (κ3) is 10.4. The monoisotopic (exact) mass is 466 g/mol. The first-order valence-corrected chi connectivity index (χ1v) is 10.7. The second-order valence-electron chi connectivity index (χ2n) is 4.72. The lowest BCUT2D eigenvalue weighted by molar-refractivity contribution is 0.209. The van der Waals surface area contributed by atoms with Crippen LogP contribution < -0.4 is 15.6 Å². The average Bonchev–Trinajstić information content (AvgIpc) is 2.28. The molecule has 0 bridgehead atoms. The summed E-state index contributed by atoms with van der Waals surface area (Å²) in [6, 6.07) is 3.78. The maximum Gasteiger partial charge on any atom is 0.214 e. The Morgan fingerprint density at radius 2 is 1.46 bits per heavy atom. The van der Waals surface area contributed by atoms with Crippen LogP contribution in [0.3, 0.4) is 0 Å². The van der Waals surface area contributed by atoms with E-state index in [-0.39, 0.29) is 24.2 Å². The fourth-order valence-corrected chi connectivity index (χ4v) is 2.99. The lowest BCUT2D eigenvalue weighted by Gasteiger charge is -2.35. The Bertz CT molecular complexity index is 650. The zero-order valence-corrected chi connectivity index (χ0v) is 16.7. The first kappa shape index (κ1) is 25.7. The van der Waals surface area contributed by atoms with Crippen LogP contribution in [-0.2, 0) is 20.0 Å². The minimum atomic E-state index is -3.37. The standard InChI is InChI=1S/C5H9N3O2S.C3H8N2O2S.C2H2BrN.ClH/c6-1-2-8-3-5(4-8)11(7,9)10;4-8(6,7)3-1-5-2-3;3-1-2-4;/h5H,2-4H2,(H2,7,9,10);3,5H,1-2H2,(H2,4,6,7);1H2;1H. The molecule has 2 aliphatic rings. The Morgan fingerprint density at radius 1 is 1.04 bits per heavy atom. The molecule has 24 heavy (non-hydrogen) atoms. The number of hydrogen-bond acceptors (Lipinski definition) is 8. The molecule has 2 fully saturated rings. The molecule has 5 N–H and O–H groups in total. The van der Waals surface area contributed by atoms with Gasteiger partial charge in [0, 0.05) is 26.2 Å². The van der Waals surface area contributed by atoms with Crippen molar-refractivity contribution in [3.8, 4) is 12.1 Å². The third-order valence-corrected chi connectivity index (χ3v) is 5.69. The Labute approximate surface area is 156 Å². The number of nitrogens with zero attached hydrogens (tertiary/aromatic N) is 3. The fourth-order valence-electron chi connectivity index (χ4n) is 1.45. The topological polar surface area (TPSA) is 183 Å². The van der Waals surface area contributed by atoms with E-state index in [0.29, 0.717) is 31.5 Å². The Hall–Kier alpha value is -0.510. The highest BCUT2D eigenvalue weighted by Gasteiger charge is 2.34. The molecule has 0 unspecified atom stereocenters. The number of nitriles is 2. The van der Waals surface area contributed by atoms with Gasteiger partial charge in [0.15, 0.2) is 0 Å². The molecule has 0 atom stereocenters.